The molecule has 0 aliphatic carbocycles. The largest absolute Gasteiger partial charge is 0.327 e. The minimum absolute atomic E-state index is 0.0122. The SMILES string of the molecule is NCC(F)c1ccc2cccnc2c1. The van der Waals surface area contributed by atoms with Gasteiger partial charge in [0.25, 0.3) is 0 Å². The molecule has 0 spiro atoms. The van der Waals surface area contributed by atoms with Crippen molar-refractivity contribution in [3.63, 3.8) is 0 Å². The lowest BCUT2D eigenvalue weighted by Gasteiger charge is -2.05. The van der Waals surface area contributed by atoms with Crippen molar-refractivity contribution in [2.75, 3.05) is 6.54 Å². The number of aromatic nitrogens is 1. The fourth-order valence-electron chi connectivity index (χ4n) is 1.41. The average Bonchev–Trinajstić information content (AvgIpc) is 2.27. The highest BCUT2D eigenvalue weighted by atomic mass is 19.1. The van der Waals surface area contributed by atoms with Crippen LogP contribution in [0.1, 0.15) is 11.7 Å². The first-order valence-electron chi connectivity index (χ1n) is 4.50. The van der Waals surface area contributed by atoms with Crippen molar-refractivity contribution < 1.29 is 4.39 Å². The predicted molar refractivity (Wildman–Crippen MR) is 54.6 cm³/mol. The van der Waals surface area contributed by atoms with Crippen LogP contribution < -0.4 is 5.73 Å². The molecule has 3 heteroatoms. The molecule has 1 heterocycles. The molecule has 72 valence electrons. The Balaban J connectivity index is 2.51. The molecule has 1 atom stereocenters. The lowest BCUT2D eigenvalue weighted by Crippen LogP contribution is -2.07. The Morgan fingerprint density at radius 2 is 2.21 bits per heavy atom. The summed E-state index contributed by atoms with van der Waals surface area (Å²) in [5.74, 6) is 0. The molecule has 1 unspecified atom stereocenters. The van der Waals surface area contributed by atoms with Crippen LogP contribution in [0.15, 0.2) is 36.5 Å². The highest BCUT2D eigenvalue weighted by Gasteiger charge is 2.07. The van der Waals surface area contributed by atoms with Gasteiger partial charge in [0.2, 0.25) is 0 Å². The van der Waals surface area contributed by atoms with E-state index in [0.717, 1.165) is 10.9 Å². The monoisotopic (exact) mass is 190 g/mol. The van der Waals surface area contributed by atoms with Gasteiger partial charge in [0, 0.05) is 18.1 Å². The van der Waals surface area contributed by atoms with Crippen molar-refractivity contribution in [3.8, 4) is 0 Å². The normalized spacial score (nSPS) is 13.0. The molecule has 0 saturated carbocycles. The summed E-state index contributed by atoms with van der Waals surface area (Å²) in [6.45, 7) is 0.0122. The molecule has 0 amide bonds. The van der Waals surface area contributed by atoms with E-state index in [4.69, 9.17) is 5.73 Å². The van der Waals surface area contributed by atoms with Gasteiger partial charge in [-0.3, -0.25) is 4.98 Å². The highest BCUT2D eigenvalue weighted by molar-refractivity contribution is 5.78. The topological polar surface area (TPSA) is 38.9 Å². The number of hydrogen-bond donors (Lipinski definition) is 1. The number of nitrogens with zero attached hydrogens (tertiary/aromatic N) is 1. The number of fused-ring (bicyclic) bond motifs is 1. The number of rotatable bonds is 2. The van der Waals surface area contributed by atoms with Crippen molar-refractivity contribution in [1.82, 2.24) is 4.98 Å². The fourth-order valence-corrected chi connectivity index (χ4v) is 1.41. The van der Waals surface area contributed by atoms with Crippen molar-refractivity contribution in [2.45, 2.75) is 6.17 Å². The minimum atomic E-state index is -1.10. The number of pyridine rings is 1. The van der Waals surface area contributed by atoms with E-state index in [-0.39, 0.29) is 6.54 Å². The molecular weight excluding hydrogens is 179 g/mol. The second kappa shape index (κ2) is 3.72. The molecule has 0 aliphatic heterocycles. The lowest BCUT2D eigenvalue weighted by molar-refractivity contribution is 0.353. The van der Waals surface area contributed by atoms with Crippen molar-refractivity contribution in [3.05, 3.63) is 42.1 Å². The summed E-state index contributed by atoms with van der Waals surface area (Å²) in [4.78, 5) is 4.15. The molecule has 2 rings (SSSR count). The van der Waals surface area contributed by atoms with Gasteiger partial charge < -0.3 is 5.73 Å². The highest BCUT2D eigenvalue weighted by Crippen LogP contribution is 2.20. The van der Waals surface area contributed by atoms with E-state index in [1.165, 1.54) is 0 Å². The Bertz CT molecular complexity index is 442. The molecule has 0 bridgehead atoms. The zero-order valence-corrected chi connectivity index (χ0v) is 7.65. The molecule has 14 heavy (non-hydrogen) atoms. The number of hydrogen-bond acceptors (Lipinski definition) is 2. The first kappa shape index (κ1) is 9.09. The summed E-state index contributed by atoms with van der Waals surface area (Å²) < 4.78 is 13.2. The summed E-state index contributed by atoms with van der Waals surface area (Å²) in [6, 6.07) is 9.16. The maximum Gasteiger partial charge on any atom is 0.137 e. The third-order valence-corrected chi connectivity index (χ3v) is 2.20. The van der Waals surface area contributed by atoms with Crippen molar-refractivity contribution in [2.24, 2.45) is 5.73 Å². The van der Waals surface area contributed by atoms with Crippen LogP contribution in [0.2, 0.25) is 0 Å². The zero-order chi connectivity index (χ0) is 9.97. The molecule has 2 nitrogen and oxygen atoms in total. The minimum Gasteiger partial charge on any atom is -0.327 e. The van der Waals surface area contributed by atoms with Crippen LogP contribution in [0, 0.1) is 0 Å². The number of alkyl halides is 1. The van der Waals surface area contributed by atoms with Gasteiger partial charge in [-0.1, -0.05) is 18.2 Å². The van der Waals surface area contributed by atoms with Gasteiger partial charge in [0.05, 0.1) is 5.52 Å². The van der Waals surface area contributed by atoms with Crippen LogP contribution in [-0.4, -0.2) is 11.5 Å². The van der Waals surface area contributed by atoms with Gasteiger partial charge in [0.15, 0.2) is 0 Å². The van der Waals surface area contributed by atoms with E-state index >= 15 is 0 Å². The summed E-state index contributed by atoms with van der Waals surface area (Å²) in [7, 11) is 0. The summed E-state index contributed by atoms with van der Waals surface area (Å²) in [5.41, 5.74) is 6.66. The predicted octanol–water partition coefficient (Wildman–Crippen LogP) is 2.20. The van der Waals surface area contributed by atoms with Crippen LogP contribution in [0.5, 0.6) is 0 Å². The Morgan fingerprint density at radius 1 is 1.36 bits per heavy atom. The third kappa shape index (κ3) is 1.59. The molecule has 1 aromatic heterocycles. The van der Waals surface area contributed by atoms with Crippen LogP contribution in [0.3, 0.4) is 0 Å². The zero-order valence-electron chi connectivity index (χ0n) is 7.65. The molecular formula is C11H11FN2. The molecule has 0 saturated heterocycles. The van der Waals surface area contributed by atoms with E-state index in [2.05, 4.69) is 4.98 Å². The second-order valence-corrected chi connectivity index (χ2v) is 3.16. The molecule has 0 fully saturated rings. The second-order valence-electron chi connectivity index (χ2n) is 3.16. The Labute approximate surface area is 81.6 Å². The Kier molecular flexibility index (Phi) is 2.41. The number of halogens is 1. The quantitative estimate of drug-likeness (QED) is 0.788. The molecule has 0 aliphatic rings. The first-order chi connectivity index (χ1) is 6.81. The van der Waals surface area contributed by atoms with E-state index in [9.17, 15) is 4.39 Å². The van der Waals surface area contributed by atoms with E-state index < -0.39 is 6.17 Å². The van der Waals surface area contributed by atoms with Gasteiger partial charge in [0.1, 0.15) is 6.17 Å². The Hall–Kier alpha value is -1.48. The van der Waals surface area contributed by atoms with Crippen LogP contribution in [0.25, 0.3) is 10.9 Å². The Morgan fingerprint density at radius 3 is 3.00 bits per heavy atom. The smallest absolute Gasteiger partial charge is 0.137 e. The maximum absolute atomic E-state index is 13.2. The maximum atomic E-state index is 13.2. The summed E-state index contributed by atoms with van der Waals surface area (Å²) in [6.07, 6.45) is 0.600. The first-order valence-corrected chi connectivity index (χ1v) is 4.50. The average molecular weight is 190 g/mol. The van der Waals surface area contributed by atoms with Gasteiger partial charge in [-0.05, 0) is 17.7 Å². The van der Waals surface area contributed by atoms with E-state index in [1.54, 1.807) is 18.3 Å². The molecule has 2 N–H and O–H groups in total. The fraction of sp³-hybridized carbons (Fsp3) is 0.182. The summed E-state index contributed by atoms with van der Waals surface area (Å²) >= 11 is 0. The molecule has 1 aromatic carbocycles. The molecule has 0 radical (unpaired) electrons. The van der Waals surface area contributed by atoms with E-state index in [1.807, 2.05) is 18.2 Å². The van der Waals surface area contributed by atoms with Crippen LogP contribution >= 0.6 is 0 Å². The standard InChI is InChI=1S/C11H11FN2/c12-10(7-13)9-4-3-8-2-1-5-14-11(8)6-9/h1-6,10H,7,13H2. The van der Waals surface area contributed by atoms with Gasteiger partial charge in [-0.2, -0.15) is 0 Å². The third-order valence-electron chi connectivity index (χ3n) is 2.20. The summed E-state index contributed by atoms with van der Waals surface area (Å²) in [5, 5.41) is 1.01. The van der Waals surface area contributed by atoms with E-state index in [0.29, 0.717) is 5.56 Å². The number of nitrogens with two attached hydrogens (primary N) is 1. The van der Waals surface area contributed by atoms with Gasteiger partial charge >= 0.3 is 0 Å². The van der Waals surface area contributed by atoms with Crippen LogP contribution in [0.4, 0.5) is 4.39 Å². The molecule has 2 aromatic rings. The van der Waals surface area contributed by atoms with Crippen molar-refractivity contribution in [1.29, 1.82) is 0 Å². The lowest BCUT2D eigenvalue weighted by atomic mass is 10.1. The van der Waals surface area contributed by atoms with Crippen molar-refractivity contribution >= 4 is 10.9 Å². The number of benzene rings is 1. The van der Waals surface area contributed by atoms with Gasteiger partial charge in [-0.25, -0.2) is 4.39 Å². The van der Waals surface area contributed by atoms with Gasteiger partial charge in [-0.15, -0.1) is 0 Å². The van der Waals surface area contributed by atoms with Crippen LogP contribution in [-0.2, 0) is 0 Å².